The van der Waals surface area contributed by atoms with Gasteiger partial charge in [0.15, 0.2) is 0 Å². The van der Waals surface area contributed by atoms with Crippen LogP contribution in [-0.2, 0) is 0 Å². The summed E-state index contributed by atoms with van der Waals surface area (Å²) in [5.74, 6) is -0.0279. The molecule has 1 amide bonds. The van der Waals surface area contributed by atoms with Crippen LogP contribution in [0.5, 0.6) is 0 Å². The summed E-state index contributed by atoms with van der Waals surface area (Å²) >= 11 is 3.35. The van der Waals surface area contributed by atoms with Crippen molar-refractivity contribution in [3.05, 3.63) is 34.3 Å². The fraction of sp³-hybridized carbons (Fsp3) is 0.462. The Balaban J connectivity index is 0.00000162. The van der Waals surface area contributed by atoms with E-state index >= 15 is 0 Å². The van der Waals surface area contributed by atoms with Crippen LogP contribution < -0.4 is 11.1 Å². The van der Waals surface area contributed by atoms with E-state index in [9.17, 15) is 4.79 Å². The molecule has 1 saturated carbocycles. The number of rotatable bonds is 2. The molecule has 2 unspecified atom stereocenters. The van der Waals surface area contributed by atoms with Crippen LogP contribution in [0.2, 0.25) is 0 Å². The second-order valence-electron chi connectivity index (χ2n) is 4.54. The standard InChI is InChI=1S/C13H17BrN2O.ClH/c14-10-7-5-9(6-8-10)13(17)16-12-4-2-1-3-11(12)15;/h5-8,11-12H,1-4,15H2,(H,16,17);1H. The minimum atomic E-state index is -0.0279. The van der Waals surface area contributed by atoms with Crippen LogP contribution in [0.1, 0.15) is 36.0 Å². The van der Waals surface area contributed by atoms with Crippen LogP contribution in [0.15, 0.2) is 28.7 Å². The van der Waals surface area contributed by atoms with Crippen LogP contribution in [0, 0.1) is 0 Å². The average Bonchev–Trinajstić information content (AvgIpc) is 2.33. The zero-order valence-corrected chi connectivity index (χ0v) is 12.5. The number of benzene rings is 1. The van der Waals surface area contributed by atoms with Crippen LogP contribution in [0.4, 0.5) is 0 Å². The molecule has 0 spiro atoms. The fourth-order valence-corrected chi connectivity index (χ4v) is 2.46. The molecule has 1 aliphatic carbocycles. The predicted octanol–water partition coefficient (Wildman–Crippen LogP) is 2.87. The highest BCUT2D eigenvalue weighted by molar-refractivity contribution is 9.10. The van der Waals surface area contributed by atoms with Crippen molar-refractivity contribution in [3.63, 3.8) is 0 Å². The lowest BCUT2D eigenvalue weighted by Crippen LogP contribution is -2.49. The quantitative estimate of drug-likeness (QED) is 0.874. The minimum Gasteiger partial charge on any atom is -0.348 e. The van der Waals surface area contributed by atoms with Gasteiger partial charge in [-0.15, -0.1) is 12.4 Å². The van der Waals surface area contributed by atoms with E-state index in [4.69, 9.17) is 5.73 Å². The normalized spacial score (nSPS) is 23.0. The van der Waals surface area contributed by atoms with Crippen LogP contribution in [-0.4, -0.2) is 18.0 Å². The van der Waals surface area contributed by atoms with Crippen molar-refractivity contribution in [2.45, 2.75) is 37.8 Å². The molecule has 3 nitrogen and oxygen atoms in total. The smallest absolute Gasteiger partial charge is 0.251 e. The molecule has 0 bridgehead atoms. The largest absolute Gasteiger partial charge is 0.348 e. The van der Waals surface area contributed by atoms with Gasteiger partial charge in [-0.3, -0.25) is 4.79 Å². The Kier molecular flexibility index (Phi) is 6.12. The summed E-state index contributed by atoms with van der Waals surface area (Å²) < 4.78 is 0.975. The van der Waals surface area contributed by atoms with E-state index in [-0.39, 0.29) is 30.4 Å². The van der Waals surface area contributed by atoms with E-state index in [1.165, 1.54) is 6.42 Å². The van der Waals surface area contributed by atoms with Gasteiger partial charge in [0.2, 0.25) is 0 Å². The summed E-state index contributed by atoms with van der Waals surface area (Å²) in [5, 5.41) is 3.03. The third-order valence-corrected chi connectivity index (χ3v) is 3.77. The Morgan fingerprint density at radius 3 is 2.44 bits per heavy atom. The van der Waals surface area contributed by atoms with E-state index in [1.807, 2.05) is 24.3 Å². The Morgan fingerprint density at radius 2 is 1.83 bits per heavy atom. The summed E-state index contributed by atoms with van der Waals surface area (Å²) in [5.41, 5.74) is 6.69. The maximum atomic E-state index is 12.0. The van der Waals surface area contributed by atoms with Gasteiger partial charge in [-0.2, -0.15) is 0 Å². The molecule has 2 rings (SSSR count). The maximum absolute atomic E-state index is 12.0. The van der Waals surface area contributed by atoms with E-state index in [2.05, 4.69) is 21.2 Å². The first-order chi connectivity index (χ1) is 8.16. The molecule has 5 heteroatoms. The first-order valence-electron chi connectivity index (χ1n) is 5.99. The van der Waals surface area contributed by atoms with Crippen molar-refractivity contribution >= 4 is 34.2 Å². The van der Waals surface area contributed by atoms with Crippen molar-refractivity contribution in [1.29, 1.82) is 0 Å². The number of nitrogens with one attached hydrogen (secondary N) is 1. The number of carbonyl (C=O) groups is 1. The molecule has 1 aromatic carbocycles. The van der Waals surface area contributed by atoms with Crippen molar-refractivity contribution in [2.75, 3.05) is 0 Å². The van der Waals surface area contributed by atoms with Gasteiger partial charge in [-0.05, 0) is 37.1 Å². The summed E-state index contributed by atoms with van der Waals surface area (Å²) in [7, 11) is 0. The SMILES string of the molecule is Cl.NC1CCCCC1NC(=O)c1ccc(Br)cc1. The molecule has 1 aliphatic rings. The Labute approximate surface area is 122 Å². The molecule has 0 aliphatic heterocycles. The Morgan fingerprint density at radius 1 is 1.22 bits per heavy atom. The van der Waals surface area contributed by atoms with E-state index < -0.39 is 0 Å². The molecular weight excluding hydrogens is 316 g/mol. The molecule has 1 aromatic rings. The number of halogens is 2. The van der Waals surface area contributed by atoms with Crippen molar-refractivity contribution in [2.24, 2.45) is 5.73 Å². The van der Waals surface area contributed by atoms with E-state index in [0.717, 1.165) is 23.7 Å². The number of hydrogen-bond acceptors (Lipinski definition) is 2. The first-order valence-corrected chi connectivity index (χ1v) is 6.78. The molecule has 0 heterocycles. The van der Waals surface area contributed by atoms with Crippen LogP contribution in [0.3, 0.4) is 0 Å². The van der Waals surface area contributed by atoms with Gasteiger partial charge >= 0.3 is 0 Å². The van der Waals surface area contributed by atoms with Gasteiger partial charge in [0.25, 0.3) is 5.91 Å². The lowest BCUT2D eigenvalue weighted by molar-refractivity contribution is 0.0921. The molecule has 1 fully saturated rings. The summed E-state index contributed by atoms with van der Waals surface area (Å²) in [6.45, 7) is 0. The monoisotopic (exact) mass is 332 g/mol. The lowest BCUT2D eigenvalue weighted by atomic mass is 9.91. The van der Waals surface area contributed by atoms with Gasteiger partial charge in [0.1, 0.15) is 0 Å². The second kappa shape index (κ2) is 7.12. The predicted molar refractivity (Wildman–Crippen MR) is 79.1 cm³/mol. The zero-order chi connectivity index (χ0) is 12.3. The highest BCUT2D eigenvalue weighted by Gasteiger charge is 2.23. The fourth-order valence-electron chi connectivity index (χ4n) is 2.19. The van der Waals surface area contributed by atoms with Crippen LogP contribution in [0.25, 0.3) is 0 Å². The van der Waals surface area contributed by atoms with Crippen molar-refractivity contribution in [1.82, 2.24) is 5.32 Å². The molecule has 100 valence electrons. The third-order valence-electron chi connectivity index (χ3n) is 3.24. The molecule has 0 aromatic heterocycles. The Bertz CT molecular complexity index is 396. The van der Waals surface area contributed by atoms with Gasteiger partial charge in [-0.25, -0.2) is 0 Å². The minimum absolute atomic E-state index is 0. The van der Waals surface area contributed by atoms with Gasteiger partial charge < -0.3 is 11.1 Å². The summed E-state index contributed by atoms with van der Waals surface area (Å²) in [6.07, 6.45) is 4.32. The van der Waals surface area contributed by atoms with Gasteiger partial charge in [0.05, 0.1) is 0 Å². The maximum Gasteiger partial charge on any atom is 0.251 e. The molecule has 0 radical (unpaired) electrons. The highest BCUT2D eigenvalue weighted by atomic mass is 79.9. The Hall–Kier alpha value is -0.580. The zero-order valence-electron chi connectivity index (χ0n) is 10.1. The molecule has 0 saturated heterocycles. The van der Waals surface area contributed by atoms with E-state index in [1.54, 1.807) is 0 Å². The number of amides is 1. The van der Waals surface area contributed by atoms with E-state index in [0.29, 0.717) is 5.56 Å². The summed E-state index contributed by atoms with van der Waals surface area (Å²) in [4.78, 5) is 12.0. The van der Waals surface area contributed by atoms with Crippen LogP contribution >= 0.6 is 28.3 Å². The first kappa shape index (κ1) is 15.5. The van der Waals surface area contributed by atoms with Gasteiger partial charge in [-0.1, -0.05) is 28.8 Å². The molecule has 18 heavy (non-hydrogen) atoms. The van der Waals surface area contributed by atoms with Gasteiger partial charge in [0, 0.05) is 22.1 Å². The molecule has 2 atom stereocenters. The number of nitrogens with two attached hydrogens (primary N) is 1. The lowest BCUT2D eigenvalue weighted by Gasteiger charge is -2.29. The van der Waals surface area contributed by atoms with Crippen molar-refractivity contribution in [3.8, 4) is 0 Å². The number of carbonyl (C=O) groups excluding carboxylic acids is 1. The third kappa shape index (κ3) is 3.97. The molecule has 3 N–H and O–H groups in total. The summed E-state index contributed by atoms with van der Waals surface area (Å²) in [6, 6.07) is 7.59. The second-order valence-corrected chi connectivity index (χ2v) is 5.45. The highest BCUT2D eigenvalue weighted by Crippen LogP contribution is 2.17. The topological polar surface area (TPSA) is 55.1 Å². The average molecular weight is 334 g/mol. The number of hydrogen-bond donors (Lipinski definition) is 2. The molecular formula is C13H18BrClN2O. The van der Waals surface area contributed by atoms with Crippen molar-refractivity contribution < 1.29 is 4.79 Å².